The van der Waals surface area contributed by atoms with Crippen LogP contribution in [0.25, 0.3) is 0 Å². The quantitative estimate of drug-likeness (QED) is 0.0211. The maximum Gasteiger partial charge on any atom is 0.361 e. The summed E-state index contributed by atoms with van der Waals surface area (Å²) in [7, 11) is 5.99. The molecule has 0 aliphatic carbocycles. The topological polar surface area (TPSA) is 108 Å². The number of carboxylic acids is 1. The number of rotatable bonds is 73. The molecule has 0 heterocycles. The fourth-order valence-electron chi connectivity index (χ4n) is 11.6. The maximum absolute atomic E-state index is 13.0. The molecule has 0 aromatic heterocycles. The number of hydrogen-bond acceptors (Lipinski definition) is 7. The molecule has 0 amide bonds. The third-order valence-corrected chi connectivity index (χ3v) is 17.5. The monoisotopic (exact) mass is 1280 g/mol. The average molecular weight is 1280 g/mol. The van der Waals surface area contributed by atoms with Gasteiger partial charge in [-0.05, 0) is 64.2 Å². The van der Waals surface area contributed by atoms with Crippen LogP contribution in [0.1, 0.15) is 373 Å². The highest BCUT2D eigenvalue weighted by atomic mass is 16.7. The zero-order valence-electron chi connectivity index (χ0n) is 60.8. The van der Waals surface area contributed by atoms with Gasteiger partial charge in [-0.2, -0.15) is 0 Å². The highest BCUT2D eigenvalue weighted by Crippen LogP contribution is 2.19. The van der Waals surface area contributed by atoms with Crippen molar-refractivity contribution in [2.24, 2.45) is 0 Å². The summed E-state index contributed by atoms with van der Waals surface area (Å²) in [4.78, 5) is 37.7. The van der Waals surface area contributed by atoms with Crippen LogP contribution in [0.4, 0.5) is 0 Å². The summed E-state index contributed by atoms with van der Waals surface area (Å²) >= 11 is 0. The van der Waals surface area contributed by atoms with Gasteiger partial charge in [0, 0.05) is 12.8 Å². The minimum atomic E-state index is -1.51. The van der Waals surface area contributed by atoms with Crippen molar-refractivity contribution in [2.45, 2.75) is 386 Å². The Kier molecular flexibility index (Phi) is 69.9. The van der Waals surface area contributed by atoms with Crippen molar-refractivity contribution in [1.29, 1.82) is 0 Å². The molecule has 0 aliphatic rings. The smallest absolute Gasteiger partial charge is 0.361 e. The van der Waals surface area contributed by atoms with Crippen molar-refractivity contribution >= 4 is 17.9 Å². The molecule has 0 saturated carbocycles. The number of hydrogen-bond donors (Lipinski definition) is 1. The molecule has 2 atom stereocenters. The van der Waals surface area contributed by atoms with Gasteiger partial charge in [-0.1, -0.05) is 369 Å². The summed E-state index contributed by atoms with van der Waals surface area (Å²) in [6.07, 6.45) is 94.8. The number of nitrogens with zero attached hydrogens (tertiary/aromatic N) is 1. The van der Waals surface area contributed by atoms with E-state index in [1.54, 1.807) is 0 Å². The van der Waals surface area contributed by atoms with Gasteiger partial charge in [-0.25, -0.2) is 4.79 Å². The molecule has 91 heavy (non-hydrogen) atoms. The Morgan fingerprint density at radius 3 is 0.934 bits per heavy atom. The number of aliphatic carboxylic acids is 1. The first kappa shape index (κ1) is 87.7. The number of quaternary nitrogens is 1. The van der Waals surface area contributed by atoms with Crippen LogP contribution in [-0.2, 0) is 33.3 Å². The number of carbonyl (C=O) groups excluding carboxylic acids is 2. The van der Waals surface area contributed by atoms with E-state index in [9.17, 15) is 19.5 Å². The molecule has 0 bridgehead atoms. The van der Waals surface area contributed by atoms with Crippen molar-refractivity contribution < 1.29 is 42.9 Å². The number of likely N-dealkylation sites (N-methyl/N-ethyl adjacent to an activating group) is 1. The zero-order valence-corrected chi connectivity index (χ0v) is 60.8. The number of esters is 2. The van der Waals surface area contributed by atoms with E-state index in [1.165, 1.54) is 270 Å². The van der Waals surface area contributed by atoms with Crippen molar-refractivity contribution in [1.82, 2.24) is 0 Å². The Labute approximate surface area is 564 Å². The lowest BCUT2D eigenvalue weighted by molar-refractivity contribution is -0.870. The van der Waals surface area contributed by atoms with Gasteiger partial charge < -0.3 is 28.5 Å². The molecule has 0 aromatic carbocycles. The van der Waals surface area contributed by atoms with E-state index >= 15 is 0 Å². The average Bonchev–Trinajstić information content (AvgIpc) is 3.50. The molecule has 1 N–H and O–H groups in total. The van der Waals surface area contributed by atoms with Gasteiger partial charge in [0.05, 0.1) is 34.4 Å². The number of unbranched alkanes of at least 4 members (excludes halogenated alkanes) is 46. The van der Waals surface area contributed by atoms with Crippen molar-refractivity contribution in [2.75, 3.05) is 47.5 Å². The molecule has 0 fully saturated rings. The minimum Gasteiger partial charge on any atom is -0.477 e. The van der Waals surface area contributed by atoms with Gasteiger partial charge in [0.2, 0.25) is 0 Å². The molecule has 0 rings (SSSR count). The Balaban J connectivity index is 4.01. The van der Waals surface area contributed by atoms with Crippen LogP contribution in [0, 0.1) is 0 Å². The second kappa shape index (κ2) is 72.6. The van der Waals surface area contributed by atoms with E-state index < -0.39 is 18.4 Å². The molecular formula is C82H150NO8+. The minimum absolute atomic E-state index is 0.177. The van der Waals surface area contributed by atoms with E-state index in [2.05, 4.69) is 86.8 Å². The summed E-state index contributed by atoms with van der Waals surface area (Å²) in [6, 6.07) is 0. The highest BCUT2D eigenvalue weighted by Gasteiger charge is 2.25. The van der Waals surface area contributed by atoms with Gasteiger partial charge in [0.15, 0.2) is 6.10 Å². The first-order valence-electron chi connectivity index (χ1n) is 39.1. The van der Waals surface area contributed by atoms with Crippen LogP contribution in [0.15, 0.2) is 72.9 Å². The SMILES string of the molecule is CC/C=C\C/C=C\C/C=C\C/C=C\C/C=C\C/C=C\CCCCCCCCCCCCCCCCCCCCC(=O)OC(COC(=O)CCCCCCCCCCCCCCCCCCCCCCCCCCCCCCC)COC(OCC[N+](C)(C)C)C(=O)O. The van der Waals surface area contributed by atoms with Crippen molar-refractivity contribution in [3.8, 4) is 0 Å². The summed E-state index contributed by atoms with van der Waals surface area (Å²) in [6.45, 7) is 4.83. The Morgan fingerprint density at radius 2 is 0.626 bits per heavy atom. The van der Waals surface area contributed by atoms with Crippen LogP contribution >= 0.6 is 0 Å². The number of ether oxygens (including phenoxy) is 4. The predicted octanol–water partition coefficient (Wildman–Crippen LogP) is 24.8. The molecule has 0 saturated heterocycles. The molecule has 2 unspecified atom stereocenters. The Bertz CT molecular complexity index is 1730. The van der Waals surface area contributed by atoms with Crippen LogP contribution in [0.5, 0.6) is 0 Å². The van der Waals surface area contributed by atoms with E-state index in [0.29, 0.717) is 17.4 Å². The van der Waals surface area contributed by atoms with E-state index in [0.717, 1.165) is 77.0 Å². The summed E-state index contributed by atoms with van der Waals surface area (Å²) in [5.74, 6) is -1.98. The third kappa shape index (κ3) is 74.0. The van der Waals surface area contributed by atoms with E-state index in [4.69, 9.17) is 18.9 Å². The number of carbonyl (C=O) groups is 3. The van der Waals surface area contributed by atoms with Crippen molar-refractivity contribution in [3.63, 3.8) is 0 Å². The standard InChI is InChI=1S/C82H149NO8/c1-6-8-10-12-14-16-18-20-22-24-26-28-30-32-34-36-37-38-39-40-41-42-43-45-47-49-51-53-55-57-59-61-63-65-67-69-71-73-80(85)91-78(77-90-82(81(86)87)88-75-74-83(3,4)5)76-89-79(84)72-70-68-66-64-62-60-58-56-54-52-50-48-46-44-35-33-31-29-27-25-23-21-19-17-15-13-11-9-7-2/h8,10,14,16,20,22,26,28,32,34,37-38,78,82H,6-7,9,11-13,15,17-19,21,23-25,27,29-31,33,35-36,39-77H2,1-5H3/p+1/b10-8-,16-14-,22-20-,28-26-,34-32-,38-37-. The largest absolute Gasteiger partial charge is 0.477 e. The second-order valence-corrected chi connectivity index (χ2v) is 27.7. The summed E-state index contributed by atoms with van der Waals surface area (Å²) < 4.78 is 23.1. The van der Waals surface area contributed by atoms with Crippen LogP contribution < -0.4 is 0 Å². The van der Waals surface area contributed by atoms with Gasteiger partial charge in [0.25, 0.3) is 6.29 Å². The predicted molar refractivity (Wildman–Crippen MR) is 392 cm³/mol. The molecule has 0 radical (unpaired) electrons. The first-order valence-corrected chi connectivity index (χ1v) is 39.1. The fraction of sp³-hybridized carbons (Fsp3) is 0.817. The molecule has 530 valence electrons. The third-order valence-electron chi connectivity index (χ3n) is 17.5. The van der Waals surface area contributed by atoms with Gasteiger partial charge in [-0.15, -0.1) is 0 Å². The van der Waals surface area contributed by atoms with E-state index in [-0.39, 0.29) is 38.2 Å². The van der Waals surface area contributed by atoms with Crippen molar-refractivity contribution in [3.05, 3.63) is 72.9 Å². The molecule has 0 spiro atoms. The lowest BCUT2D eigenvalue weighted by Gasteiger charge is -2.25. The Hall–Kier alpha value is -3.27. The van der Waals surface area contributed by atoms with Crippen LogP contribution in [0.3, 0.4) is 0 Å². The normalized spacial score (nSPS) is 13.0. The fourth-order valence-corrected chi connectivity index (χ4v) is 11.6. The highest BCUT2D eigenvalue weighted by molar-refractivity contribution is 5.71. The maximum atomic E-state index is 13.0. The lowest BCUT2D eigenvalue weighted by Crippen LogP contribution is -2.40. The number of carboxylic acid groups (broad SMARTS) is 1. The van der Waals surface area contributed by atoms with Crippen LogP contribution in [0.2, 0.25) is 0 Å². The number of allylic oxidation sites excluding steroid dienone is 12. The lowest BCUT2D eigenvalue weighted by atomic mass is 10.0. The van der Waals surface area contributed by atoms with Gasteiger partial charge in [-0.3, -0.25) is 9.59 Å². The Morgan fingerprint density at radius 1 is 0.341 bits per heavy atom. The molecule has 9 nitrogen and oxygen atoms in total. The first-order chi connectivity index (χ1) is 44.6. The molecular weight excluding hydrogens is 1130 g/mol. The van der Waals surface area contributed by atoms with Gasteiger partial charge in [0.1, 0.15) is 13.2 Å². The molecule has 0 aromatic rings. The van der Waals surface area contributed by atoms with Crippen LogP contribution in [-0.4, -0.2) is 87.4 Å². The van der Waals surface area contributed by atoms with E-state index in [1.807, 2.05) is 21.1 Å². The summed E-state index contributed by atoms with van der Waals surface area (Å²) in [5.41, 5.74) is 0. The molecule has 9 heteroatoms. The van der Waals surface area contributed by atoms with Gasteiger partial charge >= 0.3 is 17.9 Å². The molecule has 0 aliphatic heterocycles. The summed E-state index contributed by atoms with van der Waals surface area (Å²) in [5, 5.41) is 9.77. The zero-order chi connectivity index (χ0) is 66.1. The second-order valence-electron chi connectivity index (χ2n) is 27.7.